The maximum absolute atomic E-state index is 3.87. The lowest BCUT2D eigenvalue weighted by Crippen LogP contribution is -1.78. The van der Waals surface area contributed by atoms with Crippen LogP contribution in [-0.2, 0) is 0 Å². The highest BCUT2D eigenvalue weighted by atomic mass is 14.2. The van der Waals surface area contributed by atoms with E-state index < -0.39 is 0 Å². The molecule has 1 rings (SSSR count). The van der Waals surface area contributed by atoms with Crippen LogP contribution in [0.5, 0.6) is 0 Å². The van der Waals surface area contributed by atoms with E-state index in [1.807, 2.05) is 0 Å². The summed E-state index contributed by atoms with van der Waals surface area (Å²) in [5, 5.41) is 0. The molecular weight excluding hydrogens is 180 g/mol. The molecule has 0 amide bonds. The minimum Gasteiger partial charge on any atom is -0.0913 e. The molecule has 1 aliphatic rings. The SMILES string of the molecule is [CH2]CCCCCCCC1=C(C/C=C/C)C1. The van der Waals surface area contributed by atoms with Crippen molar-refractivity contribution in [3.63, 3.8) is 0 Å². The lowest BCUT2D eigenvalue weighted by Gasteiger charge is -1.97. The smallest absolute Gasteiger partial charge is 0.00996 e. The second-order valence-electron chi connectivity index (χ2n) is 4.53. The van der Waals surface area contributed by atoms with Gasteiger partial charge in [-0.25, -0.2) is 0 Å². The zero-order valence-corrected chi connectivity index (χ0v) is 10.2. The molecule has 0 saturated carbocycles. The molecule has 15 heavy (non-hydrogen) atoms. The Kier molecular flexibility index (Phi) is 6.47. The summed E-state index contributed by atoms with van der Waals surface area (Å²) < 4.78 is 0. The second kappa shape index (κ2) is 7.73. The highest BCUT2D eigenvalue weighted by Gasteiger charge is 2.18. The van der Waals surface area contributed by atoms with E-state index in [1.54, 1.807) is 11.1 Å². The number of allylic oxidation sites excluding steroid dienone is 4. The van der Waals surface area contributed by atoms with E-state index in [9.17, 15) is 0 Å². The van der Waals surface area contributed by atoms with Gasteiger partial charge in [-0.1, -0.05) is 62.3 Å². The van der Waals surface area contributed by atoms with E-state index in [1.165, 1.54) is 51.4 Å². The minimum absolute atomic E-state index is 1.11. The standard InChI is InChI=1S/C15H25/c1-3-5-7-8-9-10-12-15-13-14(15)11-6-4-2/h4,6H,1,3,5,7-13H2,2H3/b6-4+. The van der Waals surface area contributed by atoms with Gasteiger partial charge in [0, 0.05) is 0 Å². The molecule has 0 nitrogen and oxygen atoms in total. The van der Waals surface area contributed by atoms with Crippen LogP contribution in [0.3, 0.4) is 0 Å². The summed E-state index contributed by atoms with van der Waals surface area (Å²) in [7, 11) is 0. The van der Waals surface area contributed by atoms with Crippen molar-refractivity contribution in [1.29, 1.82) is 0 Å². The van der Waals surface area contributed by atoms with Gasteiger partial charge in [0.2, 0.25) is 0 Å². The first-order chi connectivity index (χ1) is 7.38. The van der Waals surface area contributed by atoms with Crippen molar-refractivity contribution in [1.82, 2.24) is 0 Å². The van der Waals surface area contributed by atoms with Crippen molar-refractivity contribution in [3.8, 4) is 0 Å². The molecule has 0 fully saturated rings. The number of rotatable bonds is 9. The molecule has 0 heteroatoms. The number of hydrogen-bond acceptors (Lipinski definition) is 0. The van der Waals surface area contributed by atoms with Gasteiger partial charge < -0.3 is 0 Å². The third-order valence-corrected chi connectivity index (χ3v) is 3.13. The molecule has 0 unspecified atom stereocenters. The van der Waals surface area contributed by atoms with Crippen LogP contribution >= 0.6 is 0 Å². The van der Waals surface area contributed by atoms with Crippen LogP contribution in [0.1, 0.15) is 64.7 Å². The molecule has 1 radical (unpaired) electrons. The molecule has 0 saturated heterocycles. The van der Waals surface area contributed by atoms with Crippen LogP contribution in [0.25, 0.3) is 0 Å². The molecule has 0 aliphatic heterocycles. The Bertz CT molecular complexity index is 220. The summed E-state index contributed by atoms with van der Waals surface area (Å²) in [5.74, 6) is 0. The molecule has 0 aromatic heterocycles. The topological polar surface area (TPSA) is 0 Å². The van der Waals surface area contributed by atoms with Crippen molar-refractivity contribution >= 4 is 0 Å². The van der Waals surface area contributed by atoms with Gasteiger partial charge in [0.05, 0.1) is 0 Å². The number of hydrogen-bond donors (Lipinski definition) is 0. The maximum atomic E-state index is 3.87. The summed E-state index contributed by atoms with van der Waals surface area (Å²) in [4.78, 5) is 0. The quantitative estimate of drug-likeness (QED) is 0.358. The fourth-order valence-corrected chi connectivity index (χ4v) is 2.00. The first-order valence-electron chi connectivity index (χ1n) is 6.48. The molecule has 1 aliphatic carbocycles. The van der Waals surface area contributed by atoms with Crippen LogP contribution in [-0.4, -0.2) is 0 Å². The number of unbranched alkanes of at least 4 members (excludes halogenated alkanes) is 5. The third-order valence-electron chi connectivity index (χ3n) is 3.13. The monoisotopic (exact) mass is 205 g/mol. The normalized spacial score (nSPS) is 15.3. The molecule has 0 aromatic rings. The average Bonchev–Trinajstić information content (AvgIpc) is 2.99. The average molecular weight is 205 g/mol. The van der Waals surface area contributed by atoms with Crippen molar-refractivity contribution in [3.05, 3.63) is 30.2 Å². The Labute approximate surface area is 95.5 Å². The molecule has 85 valence electrons. The van der Waals surface area contributed by atoms with Gasteiger partial charge in [0.25, 0.3) is 0 Å². The summed E-state index contributed by atoms with van der Waals surface area (Å²) in [6.45, 7) is 5.97. The van der Waals surface area contributed by atoms with Crippen LogP contribution < -0.4 is 0 Å². The predicted octanol–water partition coefficient (Wildman–Crippen LogP) is 5.22. The van der Waals surface area contributed by atoms with E-state index in [0.717, 1.165) is 6.42 Å². The molecule has 0 bridgehead atoms. The van der Waals surface area contributed by atoms with Gasteiger partial charge in [-0.15, -0.1) is 0 Å². The van der Waals surface area contributed by atoms with Crippen LogP contribution in [0.2, 0.25) is 0 Å². The van der Waals surface area contributed by atoms with Gasteiger partial charge in [-0.3, -0.25) is 0 Å². The lowest BCUT2D eigenvalue weighted by molar-refractivity contribution is 0.618. The Hall–Kier alpha value is -0.520. The van der Waals surface area contributed by atoms with Gasteiger partial charge in [0.1, 0.15) is 0 Å². The van der Waals surface area contributed by atoms with Crippen LogP contribution in [0.15, 0.2) is 23.3 Å². The van der Waals surface area contributed by atoms with E-state index in [-0.39, 0.29) is 0 Å². The summed E-state index contributed by atoms with van der Waals surface area (Å²) in [6.07, 6.45) is 16.4. The first kappa shape index (κ1) is 12.5. The minimum atomic E-state index is 1.11. The van der Waals surface area contributed by atoms with Crippen molar-refractivity contribution in [2.45, 2.75) is 64.7 Å². The van der Waals surface area contributed by atoms with Gasteiger partial charge in [-0.2, -0.15) is 0 Å². The molecular formula is C15H25. The largest absolute Gasteiger partial charge is 0.0913 e. The summed E-state index contributed by atoms with van der Waals surface area (Å²) in [6, 6.07) is 0. The van der Waals surface area contributed by atoms with Crippen LogP contribution in [0, 0.1) is 6.92 Å². The highest BCUT2D eigenvalue weighted by Crippen LogP contribution is 2.37. The fourth-order valence-electron chi connectivity index (χ4n) is 2.00. The molecule has 0 spiro atoms. The van der Waals surface area contributed by atoms with Gasteiger partial charge in [0.15, 0.2) is 0 Å². The summed E-state index contributed by atoms with van der Waals surface area (Å²) >= 11 is 0. The summed E-state index contributed by atoms with van der Waals surface area (Å²) in [5.41, 5.74) is 3.47. The molecule has 0 atom stereocenters. The second-order valence-corrected chi connectivity index (χ2v) is 4.53. The van der Waals surface area contributed by atoms with E-state index in [0.29, 0.717) is 0 Å². The van der Waals surface area contributed by atoms with E-state index >= 15 is 0 Å². The van der Waals surface area contributed by atoms with Crippen molar-refractivity contribution < 1.29 is 0 Å². The van der Waals surface area contributed by atoms with E-state index in [4.69, 9.17) is 0 Å². The zero-order valence-electron chi connectivity index (χ0n) is 10.2. The lowest BCUT2D eigenvalue weighted by atomic mass is 10.1. The van der Waals surface area contributed by atoms with Crippen LogP contribution in [0.4, 0.5) is 0 Å². The molecule has 0 N–H and O–H groups in total. The molecule has 0 aromatic carbocycles. The van der Waals surface area contributed by atoms with E-state index in [2.05, 4.69) is 26.0 Å². The Balaban J connectivity index is 1.91. The van der Waals surface area contributed by atoms with Gasteiger partial charge >= 0.3 is 0 Å². The Morgan fingerprint density at radius 1 is 1.07 bits per heavy atom. The fraction of sp³-hybridized carbons (Fsp3) is 0.667. The predicted molar refractivity (Wildman–Crippen MR) is 68.8 cm³/mol. The van der Waals surface area contributed by atoms with Gasteiger partial charge in [-0.05, 0) is 32.6 Å². The van der Waals surface area contributed by atoms with Crippen molar-refractivity contribution in [2.75, 3.05) is 0 Å². The third kappa shape index (κ3) is 5.81. The highest BCUT2D eigenvalue weighted by molar-refractivity contribution is 5.36. The Morgan fingerprint density at radius 2 is 1.80 bits per heavy atom. The maximum Gasteiger partial charge on any atom is -0.00996 e. The zero-order chi connectivity index (χ0) is 10.9. The molecule has 0 heterocycles. The van der Waals surface area contributed by atoms with Crippen molar-refractivity contribution in [2.24, 2.45) is 0 Å². The Morgan fingerprint density at radius 3 is 2.53 bits per heavy atom. The first-order valence-corrected chi connectivity index (χ1v) is 6.48.